The Hall–Kier alpha value is -4.25. The fraction of sp³-hybridized carbons (Fsp3) is 0.125. The lowest BCUT2D eigenvalue weighted by Crippen LogP contribution is -2.45. The fourth-order valence-corrected chi connectivity index (χ4v) is 7.65. The van der Waals surface area contributed by atoms with Gasteiger partial charge in [-0.05, 0) is 17.7 Å². The van der Waals surface area contributed by atoms with E-state index in [1.54, 1.807) is 29.2 Å². The van der Waals surface area contributed by atoms with Gasteiger partial charge in [0.05, 0.1) is 18.5 Å². The molecule has 0 unspecified atom stereocenters. The van der Waals surface area contributed by atoms with Crippen LogP contribution in [0.3, 0.4) is 0 Å². The molecule has 1 saturated heterocycles. The zero-order chi connectivity index (χ0) is 27.1. The van der Waals surface area contributed by atoms with E-state index in [1.807, 2.05) is 97.1 Å². The Labute approximate surface area is 228 Å². The minimum atomic E-state index is -3.68. The van der Waals surface area contributed by atoms with Crippen molar-refractivity contribution in [3.8, 4) is 0 Å². The van der Waals surface area contributed by atoms with Crippen LogP contribution in [0.5, 0.6) is 0 Å². The molecule has 0 saturated carbocycles. The Morgan fingerprint density at radius 2 is 1.08 bits per heavy atom. The van der Waals surface area contributed by atoms with E-state index in [0.29, 0.717) is 53.4 Å². The third kappa shape index (κ3) is 5.63. The van der Waals surface area contributed by atoms with Crippen molar-refractivity contribution in [2.24, 2.45) is 0 Å². The van der Waals surface area contributed by atoms with Crippen molar-refractivity contribution in [2.45, 2.75) is 0 Å². The monoisotopic (exact) mass is 536 g/mol. The van der Waals surface area contributed by atoms with Crippen LogP contribution in [-0.4, -0.2) is 43.0 Å². The number of morpholine rings is 1. The molecule has 7 heteroatoms. The van der Waals surface area contributed by atoms with Crippen LogP contribution < -0.4 is 15.9 Å². The number of hydrogen-bond acceptors (Lipinski definition) is 4. The van der Waals surface area contributed by atoms with E-state index in [1.165, 1.54) is 0 Å². The number of amides is 2. The average molecular weight is 537 g/mol. The van der Waals surface area contributed by atoms with E-state index in [9.17, 15) is 9.59 Å². The number of nitrogens with one attached hydrogen (secondary N) is 1. The van der Waals surface area contributed by atoms with E-state index >= 15 is 4.57 Å². The number of carbonyl (C=O) groups excluding carboxylic acids is 2. The Kier molecular flexibility index (Phi) is 8.16. The summed E-state index contributed by atoms with van der Waals surface area (Å²) in [6.45, 7) is 1.52. The number of carbonyl (C=O) groups is 2. The Balaban J connectivity index is 1.82. The molecule has 4 aromatic carbocycles. The summed E-state index contributed by atoms with van der Waals surface area (Å²) in [6, 6.07) is 36.2. The van der Waals surface area contributed by atoms with E-state index in [0.717, 1.165) is 0 Å². The van der Waals surface area contributed by atoms with Gasteiger partial charge in [0, 0.05) is 29.3 Å². The van der Waals surface area contributed by atoms with Gasteiger partial charge in [-0.25, -0.2) is 0 Å². The molecule has 1 aliphatic rings. The molecule has 196 valence electrons. The first-order chi connectivity index (χ1) is 19.1. The molecule has 39 heavy (non-hydrogen) atoms. The first-order valence-electron chi connectivity index (χ1n) is 12.8. The number of nitrogens with zero attached hydrogens (tertiary/aromatic N) is 1. The molecule has 5 rings (SSSR count). The summed E-state index contributed by atoms with van der Waals surface area (Å²) < 4.78 is 21.1. The summed E-state index contributed by atoms with van der Waals surface area (Å²) >= 11 is 0. The van der Waals surface area contributed by atoms with Gasteiger partial charge in [0.2, 0.25) is 0 Å². The van der Waals surface area contributed by atoms with Crippen LogP contribution in [0, 0.1) is 0 Å². The first kappa shape index (κ1) is 26.4. The summed E-state index contributed by atoms with van der Waals surface area (Å²) in [5.41, 5.74) is 0.998. The second kappa shape index (κ2) is 12.1. The SMILES string of the molecule is O=C(N/C(C(=O)N1CCOCC1)=C(\c1ccccc1)P(=O)(c1ccccc1)c1ccccc1)c1ccccc1. The van der Waals surface area contributed by atoms with Crippen LogP contribution >= 0.6 is 7.14 Å². The molecular formula is C32H29N2O4P. The van der Waals surface area contributed by atoms with E-state index in [-0.39, 0.29) is 5.70 Å². The largest absolute Gasteiger partial charge is 0.378 e. The third-order valence-corrected chi connectivity index (χ3v) is 9.79. The molecule has 0 atom stereocenters. The minimum Gasteiger partial charge on any atom is -0.378 e. The maximum absolute atomic E-state index is 15.7. The standard InChI is InChI=1S/C32H29N2O4P/c35-31(26-15-7-2-8-16-26)33-29(32(36)34-21-23-38-24-22-34)30(25-13-5-1-6-14-25)39(37,27-17-9-3-10-18-27)28-19-11-4-12-20-28/h1-20H,21-24H2,(H,33,35)/b30-29+. The highest BCUT2D eigenvalue weighted by Gasteiger charge is 2.39. The summed E-state index contributed by atoms with van der Waals surface area (Å²) in [6.07, 6.45) is 0. The third-order valence-electron chi connectivity index (χ3n) is 6.63. The molecular weight excluding hydrogens is 507 g/mol. The molecule has 0 aromatic heterocycles. The highest BCUT2D eigenvalue weighted by molar-refractivity contribution is 7.87. The van der Waals surface area contributed by atoms with E-state index in [2.05, 4.69) is 5.32 Å². The topological polar surface area (TPSA) is 75.7 Å². The van der Waals surface area contributed by atoms with Gasteiger partial charge < -0.3 is 19.5 Å². The zero-order valence-electron chi connectivity index (χ0n) is 21.4. The van der Waals surface area contributed by atoms with E-state index in [4.69, 9.17) is 4.74 Å². The van der Waals surface area contributed by atoms with Gasteiger partial charge in [0.25, 0.3) is 11.8 Å². The molecule has 0 aliphatic carbocycles. The molecule has 1 aliphatic heterocycles. The fourth-order valence-electron chi connectivity index (χ4n) is 4.68. The molecule has 1 N–H and O–H groups in total. The molecule has 1 fully saturated rings. The van der Waals surface area contributed by atoms with Gasteiger partial charge in [-0.1, -0.05) is 109 Å². The van der Waals surface area contributed by atoms with Gasteiger partial charge in [-0.15, -0.1) is 0 Å². The maximum Gasteiger partial charge on any atom is 0.271 e. The average Bonchev–Trinajstić information content (AvgIpc) is 3.02. The number of hydrogen-bond donors (Lipinski definition) is 1. The predicted molar refractivity (Wildman–Crippen MR) is 154 cm³/mol. The van der Waals surface area contributed by atoms with Crippen LogP contribution in [0.1, 0.15) is 15.9 Å². The second-order valence-electron chi connectivity index (χ2n) is 9.09. The van der Waals surface area contributed by atoms with Crippen LogP contribution in [0.25, 0.3) is 5.31 Å². The lowest BCUT2D eigenvalue weighted by molar-refractivity contribution is -0.131. The Morgan fingerprint density at radius 3 is 1.56 bits per heavy atom. The summed E-state index contributed by atoms with van der Waals surface area (Å²) in [4.78, 5) is 29.5. The van der Waals surface area contributed by atoms with E-state index < -0.39 is 19.0 Å². The highest BCUT2D eigenvalue weighted by Crippen LogP contribution is 2.57. The molecule has 0 bridgehead atoms. The molecule has 0 radical (unpaired) electrons. The molecule has 2 amide bonds. The smallest absolute Gasteiger partial charge is 0.271 e. The van der Waals surface area contributed by atoms with Crippen molar-refractivity contribution in [2.75, 3.05) is 26.3 Å². The van der Waals surface area contributed by atoms with Gasteiger partial charge in [-0.3, -0.25) is 9.59 Å². The zero-order valence-corrected chi connectivity index (χ0v) is 22.3. The quantitative estimate of drug-likeness (QED) is 0.276. The normalized spacial score (nSPS) is 14.3. The number of benzene rings is 4. The number of rotatable bonds is 7. The summed E-state index contributed by atoms with van der Waals surface area (Å²) in [5, 5.41) is 4.34. The molecule has 0 spiro atoms. The minimum absolute atomic E-state index is 0.00740. The van der Waals surface area contributed by atoms with Crippen LogP contribution in [0.4, 0.5) is 0 Å². The molecule has 4 aromatic rings. The van der Waals surface area contributed by atoms with Crippen molar-refractivity contribution in [1.82, 2.24) is 10.2 Å². The molecule has 6 nitrogen and oxygen atoms in total. The Bertz CT molecular complexity index is 1460. The van der Waals surface area contributed by atoms with Gasteiger partial charge in [0.1, 0.15) is 5.70 Å². The van der Waals surface area contributed by atoms with Crippen LogP contribution in [-0.2, 0) is 14.1 Å². The van der Waals surface area contributed by atoms with Gasteiger partial charge in [-0.2, -0.15) is 0 Å². The van der Waals surface area contributed by atoms with Crippen molar-refractivity contribution < 1.29 is 18.9 Å². The summed E-state index contributed by atoms with van der Waals surface area (Å²) in [7, 11) is -3.68. The maximum atomic E-state index is 15.7. The van der Waals surface area contributed by atoms with Crippen molar-refractivity contribution in [3.63, 3.8) is 0 Å². The highest BCUT2D eigenvalue weighted by atomic mass is 31.2. The summed E-state index contributed by atoms with van der Waals surface area (Å²) in [5.74, 6) is -0.846. The number of ether oxygens (including phenoxy) is 1. The van der Waals surface area contributed by atoms with Crippen molar-refractivity contribution in [1.29, 1.82) is 0 Å². The van der Waals surface area contributed by atoms with Gasteiger partial charge >= 0.3 is 0 Å². The Morgan fingerprint density at radius 1 is 0.641 bits per heavy atom. The van der Waals surface area contributed by atoms with Crippen molar-refractivity contribution >= 4 is 34.9 Å². The lowest BCUT2D eigenvalue weighted by atomic mass is 10.1. The lowest BCUT2D eigenvalue weighted by Gasteiger charge is -2.31. The van der Waals surface area contributed by atoms with Crippen molar-refractivity contribution in [3.05, 3.63) is 138 Å². The predicted octanol–water partition coefficient (Wildman–Crippen LogP) is 4.66. The van der Waals surface area contributed by atoms with Crippen LogP contribution in [0.15, 0.2) is 127 Å². The second-order valence-corrected chi connectivity index (χ2v) is 11.8. The van der Waals surface area contributed by atoms with Gasteiger partial charge in [0.15, 0.2) is 7.14 Å². The molecule has 1 heterocycles. The van der Waals surface area contributed by atoms with Crippen LogP contribution in [0.2, 0.25) is 0 Å². The first-order valence-corrected chi connectivity index (χ1v) is 14.5.